The van der Waals surface area contributed by atoms with Crippen LogP contribution in [-0.4, -0.2) is 16.8 Å². The zero-order chi connectivity index (χ0) is 11.6. The Kier molecular flexibility index (Phi) is 3.33. The zero-order valence-electron chi connectivity index (χ0n) is 9.09. The van der Waals surface area contributed by atoms with Crippen molar-refractivity contribution in [2.75, 3.05) is 11.5 Å². The molecule has 0 saturated carbocycles. The Balaban J connectivity index is 2.20. The Morgan fingerprint density at radius 1 is 1.12 bits per heavy atom. The van der Waals surface area contributed by atoms with E-state index in [1.54, 1.807) is 24.3 Å². The maximum absolute atomic E-state index is 14.1. The Morgan fingerprint density at radius 2 is 1.69 bits per heavy atom. The van der Waals surface area contributed by atoms with Crippen molar-refractivity contribution in [3.05, 3.63) is 42.5 Å². The van der Waals surface area contributed by atoms with Crippen molar-refractivity contribution in [2.45, 2.75) is 18.1 Å². The molecule has 1 aromatic carbocycles. The van der Waals surface area contributed by atoms with Crippen LogP contribution in [0.25, 0.3) is 5.57 Å². The Bertz CT molecular complexity index is 367. The lowest BCUT2D eigenvalue weighted by Gasteiger charge is -2.17. The molecule has 0 nitrogen and oxygen atoms in total. The van der Waals surface area contributed by atoms with Crippen molar-refractivity contribution in [1.82, 2.24) is 0 Å². The third-order valence-electron chi connectivity index (χ3n) is 2.87. The van der Waals surface area contributed by atoms with Crippen molar-refractivity contribution in [1.29, 1.82) is 0 Å². The topological polar surface area (TPSA) is 0 Å². The molecule has 86 valence electrons. The van der Waals surface area contributed by atoms with Gasteiger partial charge in [-0.15, -0.1) is 8.78 Å². The highest BCUT2D eigenvalue weighted by Gasteiger charge is 2.53. The first-order valence-corrected chi connectivity index (χ1v) is 6.99. The van der Waals surface area contributed by atoms with Gasteiger partial charge in [0, 0.05) is 0 Å². The van der Waals surface area contributed by atoms with Gasteiger partial charge in [0.15, 0.2) is 0 Å². The molecule has 1 fully saturated rings. The van der Waals surface area contributed by atoms with Crippen LogP contribution < -0.4 is 0 Å². The fraction of sp³-hybridized carbons (Fsp3) is 0.385. The molecule has 0 aliphatic carbocycles. The summed E-state index contributed by atoms with van der Waals surface area (Å²) in [4.78, 5) is 0. The summed E-state index contributed by atoms with van der Waals surface area (Å²) < 4.78 is 28.2. The molecule has 1 aliphatic rings. The average Bonchev–Trinajstić information content (AvgIpc) is 2.83. The molecular weight excluding hydrogens is 226 g/mol. The minimum atomic E-state index is -2.72. The van der Waals surface area contributed by atoms with Gasteiger partial charge in [0.25, 0.3) is 0 Å². The van der Waals surface area contributed by atoms with E-state index in [0.29, 0.717) is 17.1 Å². The fourth-order valence-electron chi connectivity index (χ4n) is 1.89. The summed E-state index contributed by atoms with van der Waals surface area (Å²) >= 11 is 0. The van der Waals surface area contributed by atoms with Crippen LogP contribution in [0.15, 0.2) is 36.9 Å². The molecule has 1 aromatic rings. The number of alkyl halides is 2. The SMILES string of the molecule is C=C(c1ccccc1)C(F)(F)[S+]1CCCC1. The lowest BCUT2D eigenvalue weighted by molar-refractivity contribution is 0.170. The van der Waals surface area contributed by atoms with Crippen molar-refractivity contribution >= 4 is 16.5 Å². The molecule has 1 saturated heterocycles. The molecular formula is C13H15F2S+. The van der Waals surface area contributed by atoms with Crippen molar-refractivity contribution in [3.63, 3.8) is 0 Å². The molecule has 0 radical (unpaired) electrons. The fourth-order valence-corrected chi connectivity index (χ4v) is 4.18. The van der Waals surface area contributed by atoms with Gasteiger partial charge in [-0.25, -0.2) is 0 Å². The van der Waals surface area contributed by atoms with Crippen molar-refractivity contribution in [3.8, 4) is 0 Å². The molecule has 3 heteroatoms. The minimum Gasteiger partial charge on any atom is -0.149 e. The molecule has 16 heavy (non-hydrogen) atoms. The predicted molar refractivity (Wildman–Crippen MR) is 66.8 cm³/mol. The summed E-state index contributed by atoms with van der Waals surface area (Å²) in [6, 6.07) is 8.78. The largest absolute Gasteiger partial charge is 0.436 e. The average molecular weight is 241 g/mol. The van der Waals surface area contributed by atoms with E-state index in [1.807, 2.05) is 6.07 Å². The van der Waals surface area contributed by atoms with Crippen LogP contribution in [-0.2, 0) is 10.9 Å². The first-order valence-electron chi connectivity index (χ1n) is 5.42. The highest BCUT2D eigenvalue weighted by atomic mass is 32.2. The smallest absolute Gasteiger partial charge is 0.149 e. The van der Waals surface area contributed by atoms with E-state index in [0.717, 1.165) is 12.8 Å². The molecule has 2 rings (SSSR count). The standard InChI is InChI=1S/C13H15F2S/c1-11(12-7-3-2-4-8-12)13(14,15)16-9-5-6-10-16/h2-4,7-8H,1,5-6,9-10H2/q+1. The van der Waals surface area contributed by atoms with E-state index >= 15 is 0 Å². The second kappa shape index (κ2) is 4.58. The first kappa shape index (κ1) is 11.6. The van der Waals surface area contributed by atoms with E-state index in [9.17, 15) is 8.78 Å². The van der Waals surface area contributed by atoms with Crippen LogP contribution >= 0.6 is 0 Å². The van der Waals surface area contributed by atoms with E-state index in [-0.39, 0.29) is 5.57 Å². The monoisotopic (exact) mass is 241 g/mol. The molecule has 0 bridgehead atoms. The summed E-state index contributed by atoms with van der Waals surface area (Å²) in [7, 11) is -0.801. The number of hydrogen-bond donors (Lipinski definition) is 0. The molecule has 1 aliphatic heterocycles. The third kappa shape index (κ3) is 2.14. The highest BCUT2D eigenvalue weighted by molar-refractivity contribution is 7.98. The first-order chi connectivity index (χ1) is 7.62. The van der Waals surface area contributed by atoms with Gasteiger partial charge in [-0.2, -0.15) is 0 Å². The van der Waals surface area contributed by atoms with Crippen LogP contribution in [0.5, 0.6) is 0 Å². The molecule has 0 atom stereocenters. The summed E-state index contributed by atoms with van der Waals surface area (Å²) in [5, 5.41) is -2.72. The van der Waals surface area contributed by atoms with Crippen molar-refractivity contribution in [2.24, 2.45) is 0 Å². The van der Waals surface area contributed by atoms with Gasteiger partial charge in [-0.3, -0.25) is 0 Å². The van der Waals surface area contributed by atoms with Crippen LogP contribution in [0.3, 0.4) is 0 Å². The number of benzene rings is 1. The van der Waals surface area contributed by atoms with Gasteiger partial charge in [-0.05, 0) is 18.4 Å². The Hall–Kier alpha value is -0.830. The summed E-state index contributed by atoms with van der Waals surface area (Å²) in [6.45, 7) is 3.60. The number of hydrogen-bond acceptors (Lipinski definition) is 0. The van der Waals surface area contributed by atoms with Crippen LogP contribution in [0.2, 0.25) is 0 Å². The van der Waals surface area contributed by atoms with Gasteiger partial charge >= 0.3 is 5.25 Å². The van der Waals surface area contributed by atoms with Crippen LogP contribution in [0.1, 0.15) is 18.4 Å². The minimum absolute atomic E-state index is 0.0154. The van der Waals surface area contributed by atoms with Gasteiger partial charge in [-0.1, -0.05) is 36.9 Å². The lowest BCUT2D eigenvalue weighted by Crippen LogP contribution is -2.31. The lowest BCUT2D eigenvalue weighted by atomic mass is 10.1. The molecule has 0 N–H and O–H groups in total. The maximum Gasteiger partial charge on any atom is 0.436 e. The maximum atomic E-state index is 14.1. The van der Waals surface area contributed by atoms with Gasteiger partial charge in [0.2, 0.25) is 0 Å². The van der Waals surface area contributed by atoms with E-state index < -0.39 is 16.1 Å². The predicted octanol–water partition coefficient (Wildman–Crippen LogP) is 3.70. The third-order valence-corrected chi connectivity index (χ3v) is 5.40. The van der Waals surface area contributed by atoms with E-state index in [1.165, 1.54) is 0 Å². The molecule has 1 heterocycles. The molecule has 0 spiro atoms. The number of halogens is 2. The Labute approximate surface area is 97.7 Å². The van der Waals surface area contributed by atoms with E-state index in [2.05, 4.69) is 6.58 Å². The quantitative estimate of drug-likeness (QED) is 0.708. The normalized spacial score (nSPS) is 17.6. The summed E-state index contributed by atoms with van der Waals surface area (Å²) in [5.41, 5.74) is 0.547. The Morgan fingerprint density at radius 3 is 2.25 bits per heavy atom. The molecule has 0 amide bonds. The molecule has 0 aromatic heterocycles. The molecule has 0 unspecified atom stereocenters. The van der Waals surface area contributed by atoms with Crippen LogP contribution in [0, 0.1) is 0 Å². The summed E-state index contributed by atoms with van der Waals surface area (Å²) in [5.74, 6) is 1.30. The van der Waals surface area contributed by atoms with Gasteiger partial charge in [0.1, 0.15) is 11.5 Å². The van der Waals surface area contributed by atoms with Gasteiger partial charge in [0.05, 0.1) is 16.5 Å². The van der Waals surface area contributed by atoms with Gasteiger partial charge < -0.3 is 0 Å². The summed E-state index contributed by atoms with van der Waals surface area (Å²) in [6.07, 6.45) is 1.86. The second-order valence-electron chi connectivity index (χ2n) is 3.97. The zero-order valence-corrected chi connectivity index (χ0v) is 9.90. The van der Waals surface area contributed by atoms with E-state index in [4.69, 9.17) is 0 Å². The van der Waals surface area contributed by atoms with Crippen molar-refractivity contribution < 1.29 is 8.78 Å². The van der Waals surface area contributed by atoms with Crippen LogP contribution in [0.4, 0.5) is 8.78 Å². The number of rotatable bonds is 3. The highest BCUT2D eigenvalue weighted by Crippen LogP contribution is 2.40. The second-order valence-corrected chi connectivity index (χ2v) is 6.28.